The lowest BCUT2D eigenvalue weighted by molar-refractivity contribution is -0.127. The van der Waals surface area contributed by atoms with Gasteiger partial charge in [-0.2, -0.15) is 0 Å². The van der Waals surface area contributed by atoms with Crippen molar-refractivity contribution >= 4 is 45.8 Å². The van der Waals surface area contributed by atoms with E-state index in [-0.39, 0.29) is 25.6 Å². The molecule has 9 nitrogen and oxygen atoms in total. The first-order valence-electron chi connectivity index (χ1n) is 9.08. The van der Waals surface area contributed by atoms with Crippen LogP contribution < -0.4 is 25.4 Å². The third kappa shape index (κ3) is 4.20. The number of benzene rings is 2. The van der Waals surface area contributed by atoms with Gasteiger partial charge in [-0.1, -0.05) is 17.7 Å². The van der Waals surface area contributed by atoms with Gasteiger partial charge in [0, 0.05) is 23.3 Å². The molecule has 2 amide bonds. The highest BCUT2D eigenvalue weighted by Crippen LogP contribution is 2.34. The number of carbonyl (C=O) groups excluding carboxylic acids is 2. The van der Waals surface area contributed by atoms with Crippen LogP contribution in [0.1, 0.15) is 5.56 Å². The zero-order valence-corrected chi connectivity index (χ0v) is 16.7. The van der Waals surface area contributed by atoms with Crippen LogP contribution in [0.25, 0.3) is 10.9 Å². The van der Waals surface area contributed by atoms with E-state index in [0.29, 0.717) is 38.9 Å². The molecule has 30 heavy (non-hydrogen) atoms. The minimum absolute atomic E-state index is 0.160. The Hall–Kier alpha value is -3.59. The van der Waals surface area contributed by atoms with Crippen LogP contribution in [-0.4, -0.2) is 42.0 Å². The number of hydrogen-bond acceptors (Lipinski definition) is 7. The molecule has 3 N–H and O–H groups in total. The van der Waals surface area contributed by atoms with Gasteiger partial charge >= 0.3 is 0 Å². The van der Waals surface area contributed by atoms with Gasteiger partial charge in [-0.05, 0) is 23.8 Å². The summed E-state index contributed by atoms with van der Waals surface area (Å²) in [6.45, 7) is -0.177. The highest BCUT2D eigenvalue weighted by molar-refractivity contribution is 6.30. The molecule has 3 aromatic rings. The van der Waals surface area contributed by atoms with E-state index >= 15 is 0 Å². The second-order valence-electron chi connectivity index (χ2n) is 6.51. The first kappa shape index (κ1) is 19.7. The maximum Gasteiger partial charge on any atom is 0.258 e. The number of ether oxygens (including phenoxy) is 2. The van der Waals surface area contributed by atoms with Crippen molar-refractivity contribution in [2.24, 2.45) is 0 Å². The number of hydrogen-bond donors (Lipinski definition) is 3. The average molecular weight is 428 g/mol. The van der Waals surface area contributed by atoms with Crippen LogP contribution in [0.4, 0.5) is 11.5 Å². The molecule has 0 saturated heterocycles. The average Bonchev–Trinajstić information content (AvgIpc) is 2.75. The molecule has 0 atom stereocenters. The Kier molecular flexibility index (Phi) is 5.53. The van der Waals surface area contributed by atoms with Gasteiger partial charge in [-0.15, -0.1) is 0 Å². The highest BCUT2D eigenvalue weighted by Gasteiger charge is 2.15. The summed E-state index contributed by atoms with van der Waals surface area (Å²) < 4.78 is 11.0. The number of nitrogens with zero attached hydrogens (tertiary/aromatic N) is 2. The van der Waals surface area contributed by atoms with Crippen molar-refractivity contribution in [1.29, 1.82) is 0 Å². The molecule has 0 saturated carbocycles. The lowest BCUT2D eigenvalue weighted by Crippen LogP contribution is -2.38. The number of methoxy groups -OCH3 is 1. The third-order valence-corrected chi connectivity index (χ3v) is 4.75. The van der Waals surface area contributed by atoms with Crippen LogP contribution in [0.3, 0.4) is 0 Å². The Bertz CT molecular complexity index is 1140. The van der Waals surface area contributed by atoms with Gasteiger partial charge < -0.3 is 25.4 Å². The zero-order valence-electron chi connectivity index (χ0n) is 16.0. The highest BCUT2D eigenvalue weighted by atomic mass is 35.5. The molecule has 1 aromatic heterocycles. The normalized spacial score (nSPS) is 14.5. The number of halogens is 1. The van der Waals surface area contributed by atoms with Gasteiger partial charge in [-0.25, -0.2) is 9.97 Å². The van der Waals surface area contributed by atoms with Crippen molar-refractivity contribution in [1.82, 2.24) is 20.6 Å². The van der Waals surface area contributed by atoms with Crippen molar-refractivity contribution in [2.75, 3.05) is 25.6 Å². The lowest BCUT2D eigenvalue weighted by atomic mass is 10.1. The molecule has 2 aromatic carbocycles. The van der Waals surface area contributed by atoms with Crippen molar-refractivity contribution < 1.29 is 19.1 Å². The molecule has 154 valence electrons. The van der Waals surface area contributed by atoms with Gasteiger partial charge in [-0.3, -0.25) is 9.59 Å². The largest absolute Gasteiger partial charge is 0.494 e. The molecule has 10 heteroatoms. The summed E-state index contributed by atoms with van der Waals surface area (Å²) in [5, 5.41) is 9.71. The standard InChI is InChI=1S/C20H18ClN5O4/c1-29-16-6-13-5-14-19(16)24-10-25-20(14)26-15-4-12(21)3-2-11(15)7-22-17(27)8-23-18(28)9-30-13/h2-6,10H,7-9H2,1H3,(H,22,27)(H,23,28)(H,24,25,26). The van der Waals surface area contributed by atoms with E-state index in [1.807, 2.05) is 0 Å². The third-order valence-electron chi connectivity index (χ3n) is 4.51. The second-order valence-corrected chi connectivity index (χ2v) is 6.95. The fourth-order valence-corrected chi connectivity index (χ4v) is 3.20. The van der Waals surface area contributed by atoms with Crippen LogP contribution in [-0.2, 0) is 16.1 Å². The van der Waals surface area contributed by atoms with E-state index in [1.54, 1.807) is 30.3 Å². The van der Waals surface area contributed by atoms with Crippen LogP contribution in [0.5, 0.6) is 11.5 Å². The van der Waals surface area contributed by atoms with Gasteiger partial charge in [0.05, 0.1) is 19.0 Å². The number of anilines is 2. The topological polar surface area (TPSA) is 114 Å². The molecule has 0 unspecified atom stereocenters. The maximum atomic E-state index is 12.1. The van der Waals surface area contributed by atoms with Gasteiger partial charge in [0.15, 0.2) is 6.61 Å². The summed E-state index contributed by atoms with van der Waals surface area (Å²) >= 11 is 6.19. The summed E-state index contributed by atoms with van der Waals surface area (Å²) in [5.74, 6) is 0.622. The molecule has 0 aliphatic carbocycles. The fraction of sp³-hybridized carbons (Fsp3) is 0.200. The number of carbonyl (C=O) groups is 2. The predicted molar refractivity (Wildman–Crippen MR) is 111 cm³/mol. The summed E-state index contributed by atoms with van der Waals surface area (Å²) in [4.78, 5) is 32.8. The number of rotatable bonds is 1. The fourth-order valence-electron chi connectivity index (χ4n) is 3.03. The Morgan fingerprint density at radius 2 is 1.90 bits per heavy atom. The number of amides is 2. The first-order chi connectivity index (χ1) is 14.5. The predicted octanol–water partition coefficient (Wildman–Crippen LogP) is 2.16. The van der Waals surface area contributed by atoms with E-state index < -0.39 is 5.91 Å². The van der Waals surface area contributed by atoms with Crippen molar-refractivity contribution in [3.63, 3.8) is 0 Å². The number of fused-ring (bicyclic) bond motifs is 2. The van der Waals surface area contributed by atoms with Crippen molar-refractivity contribution in [2.45, 2.75) is 6.54 Å². The molecule has 0 fully saturated rings. The van der Waals surface area contributed by atoms with Gasteiger partial charge in [0.25, 0.3) is 5.91 Å². The number of nitrogens with one attached hydrogen (secondary N) is 3. The minimum Gasteiger partial charge on any atom is -0.494 e. The van der Waals surface area contributed by atoms with Crippen LogP contribution in [0.15, 0.2) is 36.7 Å². The van der Waals surface area contributed by atoms with Crippen molar-refractivity contribution in [3.05, 3.63) is 47.2 Å². The maximum absolute atomic E-state index is 12.1. The lowest BCUT2D eigenvalue weighted by Gasteiger charge is -2.15. The van der Waals surface area contributed by atoms with Crippen LogP contribution >= 0.6 is 11.6 Å². The molecule has 2 heterocycles. The quantitative estimate of drug-likeness (QED) is 0.545. The first-order valence-corrected chi connectivity index (χ1v) is 9.45. The molecule has 0 spiro atoms. The summed E-state index contributed by atoms with van der Waals surface area (Å²) in [7, 11) is 1.52. The SMILES string of the molecule is COc1cc2cc3c(ncnc13)Nc1cc(Cl)ccc1CNC(=O)CNC(=O)CO2. The Morgan fingerprint density at radius 3 is 2.73 bits per heavy atom. The van der Waals surface area contributed by atoms with E-state index in [4.69, 9.17) is 21.1 Å². The molecule has 2 bridgehead atoms. The van der Waals surface area contributed by atoms with Crippen LogP contribution in [0.2, 0.25) is 5.02 Å². The zero-order chi connectivity index (χ0) is 21.1. The van der Waals surface area contributed by atoms with E-state index in [9.17, 15) is 9.59 Å². The monoisotopic (exact) mass is 427 g/mol. The van der Waals surface area contributed by atoms with E-state index in [1.165, 1.54) is 13.4 Å². The smallest absolute Gasteiger partial charge is 0.258 e. The second kappa shape index (κ2) is 8.42. The molecule has 1 aliphatic rings. The van der Waals surface area contributed by atoms with Crippen LogP contribution in [0, 0.1) is 0 Å². The number of aromatic nitrogens is 2. The summed E-state index contributed by atoms with van der Waals surface area (Å²) in [5.41, 5.74) is 2.04. The van der Waals surface area contributed by atoms with Gasteiger partial charge in [0.1, 0.15) is 29.2 Å². The molecule has 0 radical (unpaired) electrons. The molecular formula is C20H18ClN5O4. The Labute approximate surface area is 176 Å². The van der Waals surface area contributed by atoms with Gasteiger partial charge in [0.2, 0.25) is 5.91 Å². The summed E-state index contributed by atoms with van der Waals surface area (Å²) in [6.07, 6.45) is 1.42. The van der Waals surface area contributed by atoms with E-state index in [0.717, 1.165) is 5.56 Å². The summed E-state index contributed by atoms with van der Waals surface area (Å²) in [6, 6.07) is 8.65. The molecule has 4 rings (SSSR count). The molecular weight excluding hydrogens is 410 g/mol. The molecule has 1 aliphatic heterocycles. The Morgan fingerprint density at radius 1 is 1.07 bits per heavy atom. The van der Waals surface area contributed by atoms with E-state index in [2.05, 4.69) is 25.9 Å². The van der Waals surface area contributed by atoms with Crippen molar-refractivity contribution in [3.8, 4) is 11.5 Å². The minimum atomic E-state index is -0.422. The Balaban J connectivity index is 1.85.